The first-order valence-corrected chi connectivity index (χ1v) is 11.9. The maximum Gasteiger partial charge on any atom is 0.228 e. The molecule has 3 aromatic rings. The van der Waals surface area contributed by atoms with Crippen molar-refractivity contribution in [1.29, 1.82) is 0 Å². The molecule has 0 aliphatic carbocycles. The van der Waals surface area contributed by atoms with Crippen LogP contribution in [0.4, 0.5) is 5.95 Å². The number of carbonyl (C=O) groups is 1. The molecule has 0 saturated carbocycles. The molecule has 5 rings (SSSR count). The van der Waals surface area contributed by atoms with E-state index in [1.54, 1.807) is 6.92 Å². The first kappa shape index (κ1) is 22.7. The highest BCUT2D eigenvalue weighted by Gasteiger charge is 2.22. The summed E-state index contributed by atoms with van der Waals surface area (Å²) in [5, 5.41) is 15.2. The van der Waals surface area contributed by atoms with Gasteiger partial charge in [-0.3, -0.25) is 9.69 Å². The van der Waals surface area contributed by atoms with Gasteiger partial charge in [0.05, 0.1) is 43.6 Å². The Morgan fingerprint density at radius 3 is 2.59 bits per heavy atom. The van der Waals surface area contributed by atoms with Crippen molar-refractivity contribution in [3.8, 4) is 11.3 Å². The van der Waals surface area contributed by atoms with Gasteiger partial charge in [0.15, 0.2) is 5.65 Å². The van der Waals surface area contributed by atoms with Crippen molar-refractivity contribution in [2.45, 2.75) is 20.1 Å². The Morgan fingerprint density at radius 2 is 1.85 bits per heavy atom. The highest BCUT2D eigenvalue weighted by atomic mass is 16.5. The van der Waals surface area contributed by atoms with Crippen LogP contribution in [0.3, 0.4) is 0 Å². The molecule has 2 aromatic heterocycles. The predicted molar refractivity (Wildman–Crippen MR) is 128 cm³/mol. The Balaban J connectivity index is 1.44. The SMILES string of the molecule is CC(=O)N1CCN(CCn2ncc3c(-c4cccc(CO)c4)nc(N4CCOCC4)nc32)CC1. The lowest BCUT2D eigenvalue weighted by Crippen LogP contribution is -2.48. The van der Waals surface area contributed by atoms with Crippen LogP contribution in [0.1, 0.15) is 12.5 Å². The maximum atomic E-state index is 11.6. The van der Waals surface area contributed by atoms with Crippen molar-refractivity contribution in [2.75, 3.05) is 63.9 Å². The fourth-order valence-electron chi connectivity index (χ4n) is 4.57. The van der Waals surface area contributed by atoms with Crippen LogP contribution >= 0.6 is 0 Å². The van der Waals surface area contributed by atoms with Gasteiger partial charge in [0.1, 0.15) is 0 Å². The van der Waals surface area contributed by atoms with E-state index in [-0.39, 0.29) is 12.5 Å². The molecule has 0 radical (unpaired) electrons. The summed E-state index contributed by atoms with van der Waals surface area (Å²) in [4.78, 5) is 27.9. The van der Waals surface area contributed by atoms with Crippen molar-refractivity contribution >= 4 is 22.9 Å². The number of fused-ring (bicyclic) bond motifs is 1. The summed E-state index contributed by atoms with van der Waals surface area (Å²) in [6.45, 7) is 9.23. The van der Waals surface area contributed by atoms with Gasteiger partial charge in [-0.15, -0.1) is 0 Å². The lowest BCUT2D eigenvalue weighted by Gasteiger charge is -2.34. The lowest BCUT2D eigenvalue weighted by atomic mass is 10.1. The molecule has 1 amide bonds. The molecule has 180 valence electrons. The minimum absolute atomic E-state index is 0.0193. The lowest BCUT2D eigenvalue weighted by molar-refractivity contribution is -0.130. The summed E-state index contributed by atoms with van der Waals surface area (Å²) < 4.78 is 7.47. The van der Waals surface area contributed by atoms with Crippen molar-refractivity contribution in [3.63, 3.8) is 0 Å². The monoisotopic (exact) mass is 465 g/mol. The number of ether oxygens (including phenoxy) is 1. The predicted octanol–water partition coefficient (Wildman–Crippen LogP) is 0.986. The Hall–Kier alpha value is -3.08. The van der Waals surface area contributed by atoms with Gasteiger partial charge in [-0.05, 0) is 11.6 Å². The second-order valence-corrected chi connectivity index (χ2v) is 8.78. The van der Waals surface area contributed by atoms with Gasteiger partial charge in [-0.25, -0.2) is 9.67 Å². The zero-order valence-electron chi connectivity index (χ0n) is 19.6. The van der Waals surface area contributed by atoms with Gasteiger partial charge in [0.2, 0.25) is 11.9 Å². The highest BCUT2D eigenvalue weighted by Crippen LogP contribution is 2.29. The highest BCUT2D eigenvalue weighted by molar-refractivity contribution is 5.91. The standard InChI is InChI=1S/C24H31N7O3/c1-18(33)29-8-5-28(6-9-29)7-10-31-23-21(16-25-31)22(20-4-2-3-19(15-20)17-32)26-24(27-23)30-11-13-34-14-12-30/h2-4,15-16,32H,5-14,17H2,1H3. The van der Waals surface area contributed by atoms with Gasteiger partial charge in [0, 0.05) is 58.3 Å². The second kappa shape index (κ2) is 10.0. The molecule has 10 nitrogen and oxygen atoms in total. The van der Waals surface area contributed by atoms with E-state index in [1.165, 1.54) is 0 Å². The average Bonchev–Trinajstić information content (AvgIpc) is 3.30. The number of hydrogen-bond acceptors (Lipinski definition) is 8. The van der Waals surface area contributed by atoms with E-state index in [2.05, 4.69) is 14.9 Å². The molecule has 0 spiro atoms. The van der Waals surface area contributed by atoms with Crippen LogP contribution in [0.2, 0.25) is 0 Å². The van der Waals surface area contributed by atoms with Crippen molar-refractivity contribution in [2.24, 2.45) is 0 Å². The molecule has 2 saturated heterocycles. The molecule has 2 fully saturated rings. The molecule has 0 atom stereocenters. The fourth-order valence-corrected chi connectivity index (χ4v) is 4.57. The molecular weight excluding hydrogens is 434 g/mol. The van der Waals surface area contributed by atoms with E-state index in [1.807, 2.05) is 40.0 Å². The van der Waals surface area contributed by atoms with Crippen LogP contribution in [0.25, 0.3) is 22.3 Å². The van der Waals surface area contributed by atoms with Crippen LogP contribution in [0.15, 0.2) is 30.5 Å². The largest absolute Gasteiger partial charge is 0.392 e. The number of aromatic nitrogens is 4. The number of hydrogen-bond donors (Lipinski definition) is 1. The third kappa shape index (κ3) is 4.75. The number of anilines is 1. The molecule has 10 heteroatoms. The van der Waals surface area contributed by atoms with Gasteiger partial charge in [0.25, 0.3) is 0 Å². The number of nitrogens with zero attached hydrogens (tertiary/aromatic N) is 7. The van der Waals surface area contributed by atoms with E-state index in [0.717, 1.165) is 73.7 Å². The van der Waals surface area contributed by atoms with E-state index in [4.69, 9.17) is 14.7 Å². The minimum Gasteiger partial charge on any atom is -0.392 e. The van der Waals surface area contributed by atoms with Gasteiger partial charge in [-0.1, -0.05) is 18.2 Å². The van der Waals surface area contributed by atoms with E-state index < -0.39 is 0 Å². The summed E-state index contributed by atoms with van der Waals surface area (Å²) in [6, 6.07) is 7.82. The number of piperazine rings is 1. The topological polar surface area (TPSA) is 99.9 Å². The summed E-state index contributed by atoms with van der Waals surface area (Å²) in [7, 11) is 0. The summed E-state index contributed by atoms with van der Waals surface area (Å²) in [6.07, 6.45) is 1.84. The number of rotatable bonds is 6. The minimum atomic E-state index is -0.0193. The van der Waals surface area contributed by atoms with E-state index in [0.29, 0.717) is 25.7 Å². The quantitative estimate of drug-likeness (QED) is 0.575. The third-order valence-corrected chi connectivity index (χ3v) is 6.61. The molecule has 0 bridgehead atoms. The Kier molecular flexibility index (Phi) is 6.70. The van der Waals surface area contributed by atoms with E-state index >= 15 is 0 Å². The normalized spacial score (nSPS) is 17.5. The fraction of sp³-hybridized carbons (Fsp3) is 0.500. The van der Waals surface area contributed by atoms with Crippen molar-refractivity contribution in [1.82, 2.24) is 29.5 Å². The summed E-state index contributed by atoms with van der Waals surface area (Å²) >= 11 is 0. The molecule has 2 aliphatic rings. The average molecular weight is 466 g/mol. The number of aliphatic hydroxyl groups is 1. The van der Waals surface area contributed by atoms with Crippen LogP contribution in [-0.4, -0.2) is 99.6 Å². The van der Waals surface area contributed by atoms with Gasteiger partial charge >= 0.3 is 0 Å². The number of carbonyl (C=O) groups excluding carboxylic acids is 1. The number of amides is 1. The smallest absolute Gasteiger partial charge is 0.228 e. The Bertz CT molecular complexity index is 1150. The molecule has 0 unspecified atom stereocenters. The first-order valence-electron chi connectivity index (χ1n) is 11.9. The zero-order valence-corrected chi connectivity index (χ0v) is 19.6. The maximum absolute atomic E-state index is 11.6. The number of aliphatic hydroxyl groups excluding tert-OH is 1. The van der Waals surface area contributed by atoms with Crippen LogP contribution < -0.4 is 4.90 Å². The number of morpholine rings is 1. The van der Waals surface area contributed by atoms with Crippen molar-refractivity contribution in [3.05, 3.63) is 36.0 Å². The molecule has 1 aromatic carbocycles. The molecule has 4 heterocycles. The Labute approximate surface area is 198 Å². The molecular formula is C24H31N7O3. The van der Waals surface area contributed by atoms with Crippen LogP contribution in [0, 0.1) is 0 Å². The Morgan fingerprint density at radius 1 is 1.06 bits per heavy atom. The summed E-state index contributed by atoms with van der Waals surface area (Å²) in [5.41, 5.74) is 3.41. The first-order chi connectivity index (χ1) is 16.6. The van der Waals surface area contributed by atoms with Gasteiger partial charge in [-0.2, -0.15) is 10.1 Å². The molecule has 34 heavy (non-hydrogen) atoms. The molecule has 2 aliphatic heterocycles. The van der Waals surface area contributed by atoms with Crippen LogP contribution in [-0.2, 0) is 22.7 Å². The summed E-state index contributed by atoms with van der Waals surface area (Å²) in [5.74, 6) is 0.819. The second-order valence-electron chi connectivity index (χ2n) is 8.78. The number of benzene rings is 1. The molecule has 1 N–H and O–H groups in total. The van der Waals surface area contributed by atoms with Crippen LogP contribution in [0.5, 0.6) is 0 Å². The zero-order chi connectivity index (χ0) is 23.5. The van der Waals surface area contributed by atoms with Gasteiger partial charge < -0.3 is 19.6 Å². The van der Waals surface area contributed by atoms with E-state index in [9.17, 15) is 9.90 Å². The third-order valence-electron chi connectivity index (χ3n) is 6.61. The van der Waals surface area contributed by atoms with Crippen molar-refractivity contribution < 1.29 is 14.6 Å².